The maximum atomic E-state index is 6.40. The Morgan fingerprint density at radius 2 is 2.11 bits per heavy atom. The van der Waals surface area contributed by atoms with Gasteiger partial charge >= 0.3 is 0 Å². The molecule has 2 heterocycles. The minimum Gasteiger partial charge on any atom is -0.356 e. The van der Waals surface area contributed by atoms with Crippen molar-refractivity contribution in [3.63, 3.8) is 0 Å². The summed E-state index contributed by atoms with van der Waals surface area (Å²) < 4.78 is 0. The van der Waals surface area contributed by atoms with Gasteiger partial charge < -0.3 is 10.3 Å². The van der Waals surface area contributed by atoms with Gasteiger partial charge in [0.25, 0.3) is 0 Å². The van der Waals surface area contributed by atoms with Crippen LogP contribution in [-0.2, 0) is 6.54 Å². The first-order chi connectivity index (χ1) is 9.25. The number of nitrogens with one attached hydrogen (secondary N) is 2. The normalized spacial score (nSPS) is 12.9. The Labute approximate surface area is 121 Å². The van der Waals surface area contributed by atoms with Gasteiger partial charge in [-0.05, 0) is 24.4 Å². The molecule has 1 aromatic carbocycles. The van der Waals surface area contributed by atoms with Crippen molar-refractivity contribution in [2.75, 3.05) is 0 Å². The molecule has 0 amide bonds. The van der Waals surface area contributed by atoms with Crippen LogP contribution < -0.4 is 5.32 Å². The highest BCUT2D eigenvalue weighted by Gasteiger charge is 2.11. The lowest BCUT2D eigenvalue weighted by atomic mass is 10.2. The second-order valence-corrected chi connectivity index (χ2v) is 5.94. The fraction of sp³-hybridized carbons (Fsp3) is 0.200. The van der Waals surface area contributed by atoms with Crippen LogP contribution in [0.25, 0.3) is 10.9 Å². The van der Waals surface area contributed by atoms with Gasteiger partial charge in [-0.1, -0.05) is 35.9 Å². The summed E-state index contributed by atoms with van der Waals surface area (Å²) in [5.74, 6) is 0. The van der Waals surface area contributed by atoms with Crippen molar-refractivity contribution in [1.29, 1.82) is 0 Å². The predicted molar refractivity (Wildman–Crippen MR) is 82.9 cm³/mol. The first-order valence-electron chi connectivity index (χ1n) is 6.27. The number of rotatable bonds is 4. The molecule has 1 atom stereocenters. The topological polar surface area (TPSA) is 27.8 Å². The van der Waals surface area contributed by atoms with E-state index < -0.39 is 0 Å². The molecule has 98 valence electrons. The molecule has 0 aliphatic carbocycles. The Hall–Kier alpha value is -1.29. The van der Waals surface area contributed by atoms with Crippen molar-refractivity contribution in [2.45, 2.75) is 19.5 Å². The molecule has 2 aromatic heterocycles. The van der Waals surface area contributed by atoms with Crippen LogP contribution in [0.4, 0.5) is 0 Å². The molecule has 2 nitrogen and oxygen atoms in total. The van der Waals surface area contributed by atoms with Gasteiger partial charge in [0.15, 0.2) is 0 Å². The summed E-state index contributed by atoms with van der Waals surface area (Å²) in [6.45, 7) is 2.91. The maximum absolute atomic E-state index is 6.40. The second-order valence-electron chi connectivity index (χ2n) is 4.58. The average molecular weight is 291 g/mol. The molecule has 0 spiro atoms. The van der Waals surface area contributed by atoms with E-state index in [9.17, 15) is 0 Å². The Morgan fingerprint density at radius 3 is 2.84 bits per heavy atom. The predicted octanol–water partition coefficient (Wildman–Crippen LogP) is 4.73. The van der Waals surface area contributed by atoms with Crippen LogP contribution in [0.2, 0.25) is 5.02 Å². The van der Waals surface area contributed by atoms with Crippen LogP contribution in [0.1, 0.15) is 23.5 Å². The summed E-state index contributed by atoms with van der Waals surface area (Å²) in [5.41, 5.74) is 2.14. The second kappa shape index (κ2) is 5.37. The number of aromatic nitrogens is 1. The smallest absolute Gasteiger partial charge is 0.0705 e. The summed E-state index contributed by atoms with van der Waals surface area (Å²) in [4.78, 5) is 4.71. The number of thiophene rings is 1. The van der Waals surface area contributed by atoms with E-state index in [0.29, 0.717) is 6.04 Å². The number of hydrogen-bond acceptors (Lipinski definition) is 2. The van der Waals surface area contributed by atoms with E-state index in [0.717, 1.165) is 28.2 Å². The van der Waals surface area contributed by atoms with E-state index in [1.165, 1.54) is 4.88 Å². The average Bonchev–Trinajstić information content (AvgIpc) is 3.05. The molecule has 3 aromatic rings. The van der Waals surface area contributed by atoms with Crippen LogP contribution >= 0.6 is 22.9 Å². The molecule has 0 radical (unpaired) electrons. The molecular formula is C15H15ClN2S. The quantitative estimate of drug-likeness (QED) is 0.714. The molecule has 0 bridgehead atoms. The minimum atomic E-state index is 0.336. The van der Waals surface area contributed by atoms with E-state index in [2.05, 4.69) is 34.7 Å². The molecular weight excluding hydrogens is 276 g/mol. The Balaban J connectivity index is 1.77. The number of H-pyrrole nitrogens is 1. The molecule has 0 fully saturated rings. The third-order valence-electron chi connectivity index (χ3n) is 3.27. The van der Waals surface area contributed by atoms with Crippen molar-refractivity contribution in [2.24, 2.45) is 0 Å². The summed E-state index contributed by atoms with van der Waals surface area (Å²) in [6, 6.07) is 12.7. The zero-order valence-electron chi connectivity index (χ0n) is 10.6. The lowest BCUT2D eigenvalue weighted by molar-refractivity contribution is 0.577. The number of aromatic amines is 1. The van der Waals surface area contributed by atoms with Gasteiger partial charge in [-0.25, -0.2) is 0 Å². The third kappa shape index (κ3) is 2.54. The molecule has 19 heavy (non-hydrogen) atoms. The molecule has 0 saturated carbocycles. The highest BCUT2D eigenvalue weighted by Crippen LogP contribution is 2.27. The number of hydrogen-bond donors (Lipinski definition) is 2. The number of fused-ring (bicyclic) bond motifs is 1. The van der Waals surface area contributed by atoms with Crippen molar-refractivity contribution in [3.05, 3.63) is 57.4 Å². The van der Waals surface area contributed by atoms with Crippen LogP contribution in [0, 0.1) is 0 Å². The fourth-order valence-electron chi connectivity index (χ4n) is 2.18. The zero-order chi connectivity index (χ0) is 13.2. The van der Waals surface area contributed by atoms with Gasteiger partial charge in [-0.2, -0.15) is 0 Å². The van der Waals surface area contributed by atoms with E-state index in [1.807, 2.05) is 24.3 Å². The van der Waals surface area contributed by atoms with Crippen molar-refractivity contribution < 1.29 is 0 Å². The van der Waals surface area contributed by atoms with Crippen LogP contribution in [-0.4, -0.2) is 4.98 Å². The molecule has 3 rings (SSSR count). The first-order valence-corrected chi connectivity index (χ1v) is 7.53. The van der Waals surface area contributed by atoms with Gasteiger partial charge in [0.2, 0.25) is 0 Å². The molecule has 0 aliphatic heterocycles. The Kier molecular flexibility index (Phi) is 3.60. The zero-order valence-corrected chi connectivity index (χ0v) is 12.2. The van der Waals surface area contributed by atoms with E-state index >= 15 is 0 Å². The van der Waals surface area contributed by atoms with Gasteiger partial charge in [-0.15, -0.1) is 11.3 Å². The van der Waals surface area contributed by atoms with E-state index in [1.54, 1.807) is 11.3 Å². The van der Waals surface area contributed by atoms with Gasteiger partial charge in [0, 0.05) is 34.1 Å². The lowest BCUT2D eigenvalue weighted by Gasteiger charge is -2.11. The molecule has 0 aliphatic rings. The molecule has 4 heteroatoms. The fourth-order valence-corrected chi connectivity index (χ4v) is 3.22. The SMILES string of the molecule is CC(NCc1[nH]c2ccccc2c1Cl)c1cccs1. The van der Waals surface area contributed by atoms with Crippen molar-refractivity contribution in [1.82, 2.24) is 10.3 Å². The maximum Gasteiger partial charge on any atom is 0.0705 e. The van der Waals surface area contributed by atoms with Gasteiger partial charge in [0.1, 0.15) is 0 Å². The summed E-state index contributed by atoms with van der Waals surface area (Å²) in [7, 11) is 0. The standard InChI is InChI=1S/C15H15ClN2S/c1-10(14-7-4-8-19-14)17-9-13-15(16)11-5-2-3-6-12(11)18-13/h2-8,10,17-18H,9H2,1H3. The van der Waals surface area contributed by atoms with E-state index in [4.69, 9.17) is 11.6 Å². The summed E-state index contributed by atoms with van der Waals surface area (Å²) in [5, 5.41) is 7.51. The molecule has 2 N–H and O–H groups in total. The summed E-state index contributed by atoms with van der Waals surface area (Å²) in [6.07, 6.45) is 0. The van der Waals surface area contributed by atoms with E-state index in [-0.39, 0.29) is 0 Å². The molecule has 1 unspecified atom stereocenters. The Morgan fingerprint density at radius 1 is 1.26 bits per heavy atom. The summed E-state index contributed by atoms with van der Waals surface area (Å²) >= 11 is 8.17. The van der Waals surface area contributed by atoms with Crippen LogP contribution in [0.5, 0.6) is 0 Å². The first kappa shape index (κ1) is 12.7. The number of halogens is 1. The third-order valence-corrected chi connectivity index (χ3v) is 4.76. The minimum absolute atomic E-state index is 0.336. The van der Waals surface area contributed by atoms with Crippen molar-refractivity contribution >= 4 is 33.8 Å². The van der Waals surface area contributed by atoms with Gasteiger partial charge in [0.05, 0.1) is 5.02 Å². The Bertz CT molecular complexity index is 673. The van der Waals surface area contributed by atoms with Crippen LogP contribution in [0.15, 0.2) is 41.8 Å². The number of para-hydroxylation sites is 1. The van der Waals surface area contributed by atoms with Crippen molar-refractivity contribution in [3.8, 4) is 0 Å². The highest BCUT2D eigenvalue weighted by atomic mass is 35.5. The largest absolute Gasteiger partial charge is 0.356 e. The van der Waals surface area contributed by atoms with Gasteiger partial charge in [-0.3, -0.25) is 0 Å². The lowest BCUT2D eigenvalue weighted by Crippen LogP contribution is -2.17. The van der Waals surface area contributed by atoms with Crippen LogP contribution in [0.3, 0.4) is 0 Å². The monoisotopic (exact) mass is 290 g/mol. The number of benzene rings is 1. The molecule has 0 saturated heterocycles. The highest BCUT2D eigenvalue weighted by molar-refractivity contribution is 7.10.